The summed E-state index contributed by atoms with van der Waals surface area (Å²) in [6.07, 6.45) is 13.4. The first kappa shape index (κ1) is 24.5. The molecule has 0 aliphatic rings. The van der Waals surface area contributed by atoms with Gasteiger partial charge < -0.3 is 0 Å². The smallest absolute Gasteiger partial charge is 0.147 e. The molecule has 0 N–H and O–H groups in total. The van der Waals surface area contributed by atoms with E-state index in [1.165, 1.54) is 38.5 Å². The minimum absolute atomic E-state index is 0. The molecule has 0 aromatic carbocycles. The van der Waals surface area contributed by atoms with Gasteiger partial charge in [-0.15, -0.1) is 24.8 Å². The van der Waals surface area contributed by atoms with E-state index in [-0.39, 0.29) is 24.8 Å². The summed E-state index contributed by atoms with van der Waals surface area (Å²) in [6, 6.07) is 0. The Morgan fingerprint density at radius 2 is 0.778 bits per heavy atom. The monoisotopic (exact) mass is 494 g/mol. The summed E-state index contributed by atoms with van der Waals surface area (Å²) in [7, 11) is 0. The van der Waals surface area contributed by atoms with Crippen LogP contribution in [0.1, 0.15) is 78.6 Å². The van der Waals surface area contributed by atoms with E-state index in [2.05, 4.69) is 20.8 Å². The maximum Gasteiger partial charge on any atom is -0.147 e. The quantitative estimate of drug-likeness (QED) is 0.204. The first-order valence-corrected chi connectivity index (χ1v) is 14.9. The molecule has 0 nitrogen and oxygen atoms in total. The van der Waals surface area contributed by atoms with E-state index < -0.39 is 21.8 Å². The zero-order valence-corrected chi connectivity index (χ0v) is 17.9. The Balaban J connectivity index is -0.00000112. The van der Waals surface area contributed by atoms with E-state index in [4.69, 9.17) is 0 Å². The minimum atomic E-state index is -0.970. The molecule has 0 aliphatic carbocycles. The number of hydrogen-bond donors (Lipinski definition) is 0. The molecule has 0 fully saturated rings. The second-order valence-electron chi connectivity index (χ2n) is 4.96. The average molecular weight is 495 g/mol. The Morgan fingerprint density at radius 1 is 0.500 bits per heavy atom. The van der Waals surface area contributed by atoms with Crippen molar-refractivity contribution in [2.24, 2.45) is 0 Å². The third kappa shape index (κ3) is 17.5. The van der Waals surface area contributed by atoms with Crippen LogP contribution in [0.3, 0.4) is 0 Å². The average Bonchev–Trinajstić information content (AvgIpc) is 2.29. The molecule has 18 heavy (non-hydrogen) atoms. The maximum absolute atomic E-state index is 2.33. The molecule has 114 valence electrons. The largest absolute Gasteiger partial charge is 0.147 e. The standard InChI is InChI=1S/3C5H11.Bi.2ClH/c3*1-3-5-4-2;;;/h3*1,3-5H2,2H3;;2*1H. The molecule has 0 saturated heterocycles. The molecule has 0 aliphatic heterocycles. The summed E-state index contributed by atoms with van der Waals surface area (Å²) in [5, 5.41) is 0. The summed E-state index contributed by atoms with van der Waals surface area (Å²) in [4.78, 5) is 0. The van der Waals surface area contributed by atoms with Crippen LogP contribution in [0.15, 0.2) is 0 Å². The van der Waals surface area contributed by atoms with Crippen LogP contribution in [0.2, 0.25) is 12.4 Å². The van der Waals surface area contributed by atoms with Gasteiger partial charge in [0.2, 0.25) is 0 Å². The number of unbranched alkanes of at least 4 members (excludes halogenated alkanes) is 6. The number of rotatable bonds is 12. The molecule has 3 heteroatoms. The van der Waals surface area contributed by atoms with Crippen molar-refractivity contribution in [3.8, 4) is 0 Å². The molecular weight excluding hydrogens is 460 g/mol. The molecule has 0 spiro atoms. The molecule has 0 radical (unpaired) electrons. The molecule has 0 heterocycles. The van der Waals surface area contributed by atoms with Gasteiger partial charge in [-0.05, 0) is 0 Å². The van der Waals surface area contributed by atoms with Crippen LogP contribution in [0.5, 0.6) is 0 Å². The molecule has 0 saturated carbocycles. The van der Waals surface area contributed by atoms with E-state index in [9.17, 15) is 0 Å². The van der Waals surface area contributed by atoms with Crippen molar-refractivity contribution in [2.75, 3.05) is 0 Å². The van der Waals surface area contributed by atoms with Crippen LogP contribution in [-0.4, -0.2) is 21.8 Å². The van der Waals surface area contributed by atoms with Gasteiger partial charge in [-0.2, -0.15) is 0 Å². The van der Waals surface area contributed by atoms with Crippen LogP contribution in [0.4, 0.5) is 0 Å². The normalized spacial score (nSPS) is 10.0. The summed E-state index contributed by atoms with van der Waals surface area (Å²) >= 11 is -0.970. The van der Waals surface area contributed by atoms with Crippen LogP contribution < -0.4 is 0 Å². The van der Waals surface area contributed by atoms with Gasteiger partial charge in [0.05, 0.1) is 0 Å². The van der Waals surface area contributed by atoms with Crippen molar-refractivity contribution in [2.45, 2.75) is 90.9 Å². The van der Waals surface area contributed by atoms with Gasteiger partial charge >= 0.3 is 113 Å². The van der Waals surface area contributed by atoms with Crippen LogP contribution in [-0.2, 0) is 0 Å². The van der Waals surface area contributed by atoms with Gasteiger partial charge in [-0.3, -0.25) is 0 Å². The fourth-order valence-electron chi connectivity index (χ4n) is 2.09. The van der Waals surface area contributed by atoms with Crippen LogP contribution in [0, 0.1) is 0 Å². The first-order valence-electron chi connectivity index (χ1n) is 7.57. The number of hydrogen-bond acceptors (Lipinski definition) is 0. The van der Waals surface area contributed by atoms with E-state index in [1.807, 2.05) is 0 Å². The van der Waals surface area contributed by atoms with Gasteiger partial charge in [0, 0.05) is 0 Å². The van der Waals surface area contributed by atoms with E-state index in [0.717, 1.165) is 0 Å². The van der Waals surface area contributed by atoms with Crippen molar-refractivity contribution >= 4 is 46.6 Å². The maximum atomic E-state index is 2.33. The molecule has 0 atom stereocenters. The zero-order chi connectivity index (χ0) is 12.1. The predicted octanol–water partition coefficient (Wildman–Crippen LogP) is 6.90. The third-order valence-electron chi connectivity index (χ3n) is 3.23. The second-order valence-corrected chi connectivity index (χ2v) is 15.4. The Bertz CT molecular complexity index is 108. The third-order valence-corrected chi connectivity index (χ3v) is 14.3. The molecule has 0 bridgehead atoms. The number of halogens is 2. The first-order chi connectivity index (χ1) is 7.85. The molecule has 0 amide bonds. The van der Waals surface area contributed by atoms with Gasteiger partial charge in [0.1, 0.15) is 0 Å². The van der Waals surface area contributed by atoms with E-state index in [0.29, 0.717) is 0 Å². The van der Waals surface area contributed by atoms with Crippen molar-refractivity contribution in [1.29, 1.82) is 0 Å². The minimum Gasteiger partial charge on any atom is -0.147 e. The van der Waals surface area contributed by atoms with Crippen LogP contribution >= 0.6 is 24.8 Å². The van der Waals surface area contributed by atoms with E-state index in [1.54, 1.807) is 31.6 Å². The van der Waals surface area contributed by atoms with Gasteiger partial charge in [0.15, 0.2) is 0 Å². The summed E-state index contributed by atoms with van der Waals surface area (Å²) in [6.45, 7) is 6.99. The van der Waals surface area contributed by atoms with Gasteiger partial charge in [-0.25, -0.2) is 0 Å². The van der Waals surface area contributed by atoms with Crippen molar-refractivity contribution in [3.63, 3.8) is 0 Å². The fourth-order valence-corrected chi connectivity index (χ4v) is 12.5. The van der Waals surface area contributed by atoms with Crippen molar-refractivity contribution in [1.82, 2.24) is 0 Å². The van der Waals surface area contributed by atoms with Gasteiger partial charge in [-0.1, -0.05) is 0 Å². The Morgan fingerprint density at radius 3 is 1.00 bits per heavy atom. The predicted molar refractivity (Wildman–Crippen MR) is 93.2 cm³/mol. The SMILES string of the molecule is CCCC[CH2][Bi]([CH2]CCCC)[CH2]CCCC.Cl.Cl. The summed E-state index contributed by atoms with van der Waals surface area (Å²) < 4.78 is 5.11. The van der Waals surface area contributed by atoms with Gasteiger partial charge in [0.25, 0.3) is 0 Å². The topological polar surface area (TPSA) is 0 Å². The zero-order valence-electron chi connectivity index (χ0n) is 12.7. The Labute approximate surface area is 137 Å². The molecule has 0 aromatic rings. The fraction of sp³-hybridized carbons (Fsp3) is 1.00. The molecule has 0 rings (SSSR count). The summed E-state index contributed by atoms with van der Waals surface area (Å²) in [5.41, 5.74) is 0. The molecule has 0 unspecified atom stereocenters. The van der Waals surface area contributed by atoms with Crippen molar-refractivity contribution in [3.05, 3.63) is 0 Å². The van der Waals surface area contributed by atoms with Crippen LogP contribution in [0.25, 0.3) is 0 Å². The Kier molecular flexibility index (Phi) is 28.3. The summed E-state index contributed by atoms with van der Waals surface area (Å²) in [5.74, 6) is 0. The van der Waals surface area contributed by atoms with E-state index >= 15 is 0 Å². The van der Waals surface area contributed by atoms with Crippen molar-refractivity contribution < 1.29 is 0 Å². The second kappa shape index (κ2) is 20.8. The Hall–Kier alpha value is 1.46. The molecule has 0 aromatic heterocycles. The molecular formula is C15H35BiCl2.